The zero-order chi connectivity index (χ0) is 13.5. The van der Waals surface area contributed by atoms with Crippen LogP contribution in [0.2, 0.25) is 0 Å². The molecule has 0 radical (unpaired) electrons. The molecule has 1 aromatic rings. The third-order valence-corrected chi connectivity index (χ3v) is 2.71. The summed E-state index contributed by atoms with van der Waals surface area (Å²) in [5, 5.41) is 0. The summed E-state index contributed by atoms with van der Waals surface area (Å²) in [6, 6.07) is 5.44. The summed E-state index contributed by atoms with van der Waals surface area (Å²) in [5.41, 5.74) is 2.35. The molecule has 0 aliphatic rings. The molecule has 1 rings (SSSR count). The monoisotopic (exact) mass is 250 g/mol. The summed E-state index contributed by atoms with van der Waals surface area (Å²) in [6.07, 6.45) is 0.737. The molecule has 0 saturated carbocycles. The van der Waals surface area contributed by atoms with Crippen molar-refractivity contribution in [3.05, 3.63) is 34.9 Å². The van der Waals surface area contributed by atoms with Crippen molar-refractivity contribution in [1.82, 2.24) is 0 Å². The van der Waals surface area contributed by atoms with E-state index in [1.54, 1.807) is 13.0 Å². The van der Waals surface area contributed by atoms with E-state index in [1.165, 1.54) is 7.11 Å². The maximum atomic E-state index is 11.8. The molecule has 0 saturated heterocycles. The van der Waals surface area contributed by atoms with Gasteiger partial charge in [-0.2, -0.15) is 0 Å². The van der Waals surface area contributed by atoms with Crippen LogP contribution >= 0.6 is 0 Å². The van der Waals surface area contributed by atoms with Crippen LogP contribution in [0, 0.1) is 6.92 Å². The van der Waals surface area contributed by atoms with Gasteiger partial charge in [-0.25, -0.2) is 4.79 Å². The molecule has 1 aromatic carbocycles. The minimum atomic E-state index is -0.346. The lowest BCUT2D eigenvalue weighted by molar-refractivity contribution is -0.140. The predicted molar refractivity (Wildman–Crippen MR) is 67.5 cm³/mol. The van der Waals surface area contributed by atoms with E-state index in [2.05, 4.69) is 4.74 Å². The second-order valence-corrected chi connectivity index (χ2v) is 3.90. The van der Waals surface area contributed by atoms with Crippen LogP contribution in [0.25, 0.3) is 0 Å². The molecule has 0 bridgehead atoms. The van der Waals surface area contributed by atoms with Gasteiger partial charge >= 0.3 is 11.9 Å². The van der Waals surface area contributed by atoms with E-state index in [1.807, 2.05) is 19.1 Å². The molecule has 0 unspecified atom stereocenters. The van der Waals surface area contributed by atoms with Gasteiger partial charge in [-0.05, 0) is 37.5 Å². The van der Waals surface area contributed by atoms with Crippen molar-refractivity contribution < 1.29 is 19.1 Å². The van der Waals surface area contributed by atoms with Crippen LogP contribution in [0.3, 0.4) is 0 Å². The lowest BCUT2D eigenvalue weighted by Crippen LogP contribution is -2.11. The molecule has 0 aliphatic carbocycles. The lowest BCUT2D eigenvalue weighted by atomic mass is 9.98. The summed E-state index contributed by atoms with van der Waals surface area (Å²) in [5.74, 6) is -0.630. The topological polar surface area (TPSA) is 52.6 Å². The van der Waals surface area contributed by atoms with Crippen LogP contribution in [0.1, 0.15) is 34.8 Å². The van der Waals surface area contributed by atoms with Crippen molar-refractivity contribution in [1.29, 1.82) is 0 Å². The van der Waals surface area contributed by atoms with Gasteiger partial charge in [0.15, 0.2) is 0 Å². The zero-order valence-corrected chi connectivity index (χ0v) is 11.0. The van der Waals surface area contributed by atoms with Gasteiger partial charge < -0.3 is 9.47 Å². The molecule has 0 N–H and O–H groups in total. The van der Waals surface area contributed by atoms with Gasteiger partial charge in [-0.3, -0.25) is 4.79 Å². The highest BCUT2D eigenvalue weighted by atomic mass is 16.5. The Bertz CT molecular complexity index is 437. The molecule has 0 atom stereocenters. The Morgan fingerprint density at radius 2 is 2.00 bits per heavy atom. The van der Waals surface area contributed by atoms with Crippen LogP contribution in [-0.2, 0) is 20.7 Å². The largest absolute Gasteiger partial charge is 0.469 e. The molecule has 0 aliphatic heterocycles. The Balaban J connectivity index is 2.93. The highest BCUT2D eigenvalue weighted by Gasteiger charge is 2.15. The van der Waals surface area contributed by atoms with Crippen LogP contribution in [-0.4, -0.2) is 25.7 Å². The first-order chi connectivity index (χ1) is 8.60. The van der Waals surface area contributed by atoms with Crippen LogP contribution < -0.4 is 0 Å². The molecule has 0 heterocycles. The van der Waals surface area contributed by atoms with Gasteiger partial charge in [0.2, 0.25) is 0 Å². The number of hydrogen-bond acceptors (Lipinski definition) is 4. The number of hydrogen-bond donors (Lipinski definition) is 0. The Hall–Kier alpha value is -1.84. The SMILES string of the molecule is CCOC(=O)c1cccc(C)c1CCC(=O)OC. The predicted octanol–water partition coefficient (Wildman–Crippen LogP) is 2.28. The molecular formula is C14H18O4. The molecule has 98 valence electrons. The van der Waals surface area contributed by atoms with Crippen LogP contribution in [0.15, 0.2) is 18.2 Å². The molecular weight excluding hydrogens is 232 g/mol. The fourth-order valence-corrected chi connectivity index (χ4v) is 1.76. The highest BCUT2D eigenvalue weighted by Crippen LogP contribution is 2.17. The standard InChI is InChI=1S/C14H18O4/c1-4-18-14(16)12-7-5-6-10(2)11(12)8-9-13(15)17-3/h5-7H,4,8-9H2,1-3H3. The molecule has 4 heteroatoms. The third kappa shape index (κ3) is 3.58. The fourth-order valence-electron chi connectivity index (χ4n) is 1.76. The molecule has 0 spiro atoms. The summed E-state index contributed by atoms with van der Waals surface area (Å²) < 4.78 is 9.61. The fraction of sp³-hybridized carbons (Fsp3) is 0.429. The third-order valence-electron chi connectivity index (χ3n) is 2.71. The van der Waals surface area contributed by atoms with Crippen LogP contribution in [0.4, 0.5) is 0 Å². The van der Waals surface area contributed by atoms with Gasteiger partial charge in [0.25, 0.3) is 0 Å². The first-order valence-corrected chi connectivity index (χ1v) is 5.92. The average molecular weight is 250 g/mol. The van der Waals surface area contributed by atoms with Gasteiger partial charge in [-0.1, -0.05) is 12.1 Å². The number of benzene rings is 1. The van der Waals surface area contributed by atoms with E-state index in [9.17, 15) is 9.59 Å². The molecule has 0 fully saturated rings. The number of methoxy groups -OCH3 is 1. The van der Waals surface area contributed by atoms with Gasteiger partial charge in [0.1, 0.15) is 0 Å². The second-order valence-electron chi connectivity index (χ2n) is 3.90. The number of aryl methyl sites for hydroxylation is 1. The summed E-state index contributed by atoms with van der Waals surface area (Å²) >= 11 is 0. The smallest absolute Gasteiger partial charge is 0.338 e. The van der Waals surface area contributed by atoms with E-state index in [0.29, 0.717) is 18.6 Å². The van der Waals surface area contributed by atoms with E-state index in [-0.39, 0.29) is 18.4 Å². The number of esters is 2. The normalized spacial score (nSPS) is 9.94. The molecule has 0 amide bonds. The Morgan fingerprint density at radius 3 is 2.61 bits per heavy atom. The van der Waals surface area contributed by atoms with E-state index in [0.717, 1.165) is 11.1 Å². The molecule has 0 aromatic heterocycles. The Kier molecular flexibility index (Phi) is 5.36. The zero-order valence-electron chi connectivity index (χ0n) is 11.0. The second kappa shape index (κ2) is 6.79. The first-order valence-electron chi connectivity index (χ1n) is 5.92. The Labute approximate surface area is 107 Å². The minimum Gasteiger partial charge on any atom is -0.469 e. The minimum absolute atomic E-state index is 0.258. The molecule has 4 nitrogen and oxygen atoms in total. The molecule has 18 heavy (non-hydrogen) atoms. The summed E-state index contributed by atoms with van der Waals surface area (Å²) in [6.45, 7) is 4.01. The summed E-state index contributed by atoms with van der Waals surface area (Å²) in [7, 11) is 1.35. The number of ether oxygens (including phenoxy) is 2. The number of carbonyl (C=O) groups is 2. The van der Waals surface area contributed by atoms with Crippen molar-refractivity contribution in [3.63, 3.8) is 0 Å². The van der Waals surface area contributed by atoms with Gasteiger partial charge in [0, 0.05) is 6.42 Å². The van der Waals surface area contributed by atoms with Crippen molar-refractivity contribution in [2.45, 2.75) is 26.7 Å². The lowest BCUT2D eigenvalue weighted by Gasteiger charge is -2.11. The quantitative estimate of drug-likeness (QED) is 0.752. The van der Waals surface area contributed by atoms with Crippen molar-refractivity contribution in [3.8, 4) is 0 Å². The maximum Gasteiger partial charge on any atom is 0.338 e. The average Bonchev–Trinajstić information content (AvgIpc) is 2.36. The summed E-state index contributed by atoms with van der Waals surface area (Å²) in [4.78, 5) is 23.0. The maximum absolute atomic E-state index is 11.8. The first kappa shape index (κ1) is 14.2. The number of carbonyl (C=O) groups excluding carboxylic acids is 2. The van der Waals surface area contributed by atoms with E-state index >= 15 is 0 Å². The van der Waals surface area contributed by atoms with E-state index in [4.69, 9.17) is 4.74 Å². The van der Waals surface area contributed by atoms with Gasteiger partial charge in [0.05, 0.1) is 19.3 Å². The number of rotatable bonds is 5. The van der Waals surface area contributed by atoms with E-state index < -0.39 is 0 Å². The van der Waals surface area contributed by atoms with Crippen molar-refractivity contribution >= 4 is 11.9 Å². The van der Waals surface area contributed by atoms with Crippen molar-refractivity contribution in [2.24, 2.45) is 0 Å². The Morgan fingerprint density at radius 1 is 1.28 bits per heavy atom. The van der Waals surface area contributed by atoms with Gasteiger partial charge in [-0.15, -0.1) is 0 Å². The van der Waals surface area contributed by atoms with Crippen LogP contribution in [0.5, 0.6) is 0 Å². The highest BCUT2D eigenvalue weighted by molar-refractivity contribution is 5.91. The van der Waals surface area contributed by atoms with Crippen molar-refractivity contribution in [2.75, 3.05) is 13.7 Å².